The molecule has 8 nitrogen and oxygen atoms in total. The number of thiophene rings is 1. The number of aromatic nitrogens is 2. The molecule has 0 bridgehead atoms. The average molecular weight is 445 g/mol. The van der Waals surface area contributed by atoms with Gasteiger partial charge in [-0.1, -0.05) is 37.3 Å². The summed E-state index contributed by atoms with van der Waals surface area (Å²) >= 11 is 1.33. The standard InChI is InChI=1S/C23H15N3O5S/c1-2-14-11-17-21(28)24-20-18(19(27)12-6-5-7-13(10-12)26(30)31)15-8-3-4-9-16(15)22(29)25(20)23(17)32-14/h3-11H,2H2,1H3,(H,24,28). The zero-order chi connectivity index (χ0) is 22.6. The Hall–Kier alpha value is -4.11. The van der Waals surface area contributed by atoms with Gasteiger partial charge in [0.15, 0.2) is 5.78 Å². The number of nitrogens with one attached hydrogen (secondary N) is 1. The van der Waals surface area contributed by atoms with Crippen molar-refractivity contribution in [2.24, 2.45) is 0 Å². The average Bonchev–Trinajstić information content (AvgIpc) is 3.24. The van der Waals surface area contributed by atoms with Crippen molar-refractivity contribution in [1.82, 2.24) is 9.38 Å². The molecule has 3 aromatic heterocycles. The fourth-order valence-corrected chi connectivity index (χ4v) is 5.00. The van der Waals surface area contributed by atoms with Crippen LogP contribution in [-0.2, 0) is 6.42 Å². The van der Waals surface area contributed by atoms with E-state index in [0.717, 1.165) is 4.88 Å². The summed E-state index contributed by atoms with van der Waals surface area (Å²) in [5, 5.41) is 12.3. The molecule has 1 N–H and O–H groups in total. The first-order chi connectivity index (χ1) is 15.4. The molecule has 2 aromatic carbocycles. The van der Waals surface area contributed by atoms with E-state index in [2.05, 4.69) is 4.98 Å². The van der Waals surface area contributed by atoms with Crippen molar-refractivity contribution in [3.05, 3.63) is 101 Å². The lowest BCUT2D eigenvalue weighted by molar-refractivity contribution is -0.384. The highest BCUT2D eigenvalue weighted by atomic mass is 32.1. The highest BCUT2D eigenvalue weighted by Gasteiger charge is 2.23. The van der Waals surface area contributed by atoms with Gasteiger partial charge >= 0.3 is 0 Å². The van der Waals surface area contributed by atoms with Crippen molar-refractivity contribution >= 4 is 49.4 Å². The maximum atomic E-state index is 13.6. The quantitative estimate of drug-likeness (QED) is 0.194. The molecule has 0 aliphatic rings. The van der Waals surface area contributed by atoms with E-state index in [1.807, 2.05) is 6.92 Å². The minimum atomic E-state index is -0.578. The normalized spacial score (nSPS) is 11.4. The lowest BCUT2D eigenvalue weighted by atomic mass is 9.98. The molecule has 3 heterocycles. The Morgan fingerprint density at radius 1 is 1.06 bits per heavy atom. The third kappa shape index (κ3) is 2.86. The van der Waals surface area contributed by atoms with Crippen LogP contribution in [0.1, 0.15) is 27.7 Å². The molecule has 0 saturated carbocycles. The summed E-state index contributed by atoms with van der Waals surface area (Å²) in [6.07, 6.45) is 0.697. The maximum Gasteiger partial charge on any atom is 0.270 e. The van der Waals surface area contributed by atoms with E-state index < -0.39 is 16.3 Å². The highest BCUT2D eigenvalue weighted by molar-refractivity contribution is 7.18. The lowest BCUT2D eigenvalue weighted by Gasteiger charge is -2.12. The first-order valence-electron chi connectivity index (χ1n) is 9.82. The molecular weight excluding hydrogens is 430 g/mol. The van der Waals surface area contributed by atoms with Crippen LogP contribution < -0.4 is 11.1 Å². The van der Waals surface area contributed by atoms with Gasteiger partial charge in [0.2, 0.25) is 0 Å². The van der Waals surface area contributed by atoms with Crippen LogP contribution in [0.2, 0.25) is 0 Å². The summed E-state index contributed by atoms with van der Waals surface area (Å²) < 4.78 is 1.37. The molecule has 0 amide bonds. The number of hydrogen-bond acceptors (Lipinski definition) is 6. The van der Waals surface area contributed by atoms with E-state index in [-0.39, 0.29) is 28.0 Å². The second-order valence-electron chi connectivity index (χ2n) is 7.29. The number of H-pyrrole nitrogens is 1. The molecule has 5 aromatic rings. The molecule has 0 spiro atoms. The molecule has 0 fully saturated rings. The summed E-state index contributed by atoms with van der Waals surface area (Å²) in [7, 11) is 0. The number of benzene rings is 2. The van der Waals surface area contributed by atoms with Crippen molar-refractivity contribution in [1.29, 1.82) is 0 Å². The predicted molar refractivity (Wildman–Crippen MR) is 123 cm³/mol. The highest BCUT2D eigenvalue weighted by Crippen LogP contribution is 2.28. The van der Waals surface area contributed by atoms with Gasteiger partial charge in [-0.2, -0.15) is 0 Å². The number of pyridine rings is 1. The Morgan fingerprint density at radius 3 is 2.53 bits per heavy atom. The molecular formula is C23H15N3O5S. The second-order valence-corrected chi connectivity index (χ2v) is 8.40. The fraction of sp³-hybridized carbons (Fsp3) is 0.0870. The summed E-state index contributed by atoms with van der Waals surface area (Å²) in [6, 6.07) is 13.8. The number of carbonyl (C=O) groups is 1. The summed E-state index contributed by atoms with van der Waals surface area (Å²) in [5.41, 5.74) is -0.695. The zero-order valence-electron chi connectivity index (χ0n) is 16.7. The number of hydrogen-bond donors (Lipinski definition) is 1. The van der Waals surface area contributed by atoms with Crippen LogP contribution in [0.15, 0.2) is 64.2 Å². The van der Waals surface area contributed by atoms with Gasteiger partial charge in [0.05, 0.1) is 15.9 Å². The van der Waals surface area contributed by atoms with Gasteiger partial charge in [-0.25, -0.2) is 0 Å². The van der Waals surface area contributed by atoms with E-state index >= 15 is 0 Å². The van der Waals surface area contributed by atoms with Gasteiger partial charge in [-0.3, -0.25) is 28.9 Å². The zero-order valence-corrected chi connectivity index (χ0v) is 17.6. The molecule has 0 atom stereocenters. The molecule has 0 unspecified atom stereocenters. The number of rotatable bonds is 4. The second kappa shape index (κ2) is 7.24. The van der Waals surface area contributed by atoms with Gasteiger partial charge in [0.25, 0.3) is 16.8 Å². The largest absolute Gasteiger partial charge is 0.307 e. The number of fused-ring (bicyclic) bond motifs is 4. The minimum absolute atomic E-state index is 0.0761. The molecule has 0 aliphatic carbocycles. The van der Waals surface area contributed by atoms with Crippen molar-refractivity contribution in [3.63, 3.8) is 0 Å². The van der Waals surface area contributed by atoms with Gasteiger partial charge in [-0.05, 0) is 18.6 Å². The minimum Gasteiger partial charge on any atom is -0.307 e. The summed E-state index contributed by atoms with van der Waals surface area (Å²) in [5.74, 6) is -0.523. The predicted octanol–water partition coefficient (Wildman–Crippen LogP) is 4.06. The third-order valence-electron chi connectivity index (χ3n) is 5.43. The van der Waals surface area contributed by atoms with Crippen molar-refractivity contribution in [3.8, 4) is 0 Å². The van der Waals surface area contributed by atoms with Crippen molar-refractivity contribution in [2.45, 2.75) is 13.3 Å². The van der Waals surface area contributed by atoms with Crippen LogP contribution in [0.3, 0.4) is 0 Å². The molecule has 9 heteroatoms. The molecule has 5 rings (SSSR count). The molecule has 0 radical (unpaired) electrons. The number of nitrogens with zero attached hydrogens (tertiary/aromatic N) is 2. The number of nitro groups is 1. The number of carbonyl (C=O) groups excluding carboxylic acids is 1. The van der Waals surface area contributed by atoms with Crippen LogP contribution in [0.25, 0.3) is 26.6 Å². The van der Waals surface area contributed by atoms with E-state index in [1.54, 1.807) is 30.3 Å². The molecule has 0 saturated heterocycles. The van der Waals surface area contributed by atoms with E-state index in [4.69, 9.17) is 0 Å². The maximum absolute atomic E-state index is 13.6. The van der Waals surface area contributed by atoms with Gasteiger partial charge in [-0.15, -0.1) is 11.3 Å². The first kappa shape index (κ1) is 19.8. The monoisotopic (exact) mass is 445 g/mol. The summed E-state index contributed by atoms with van der Waals surface area (Å²) in [6.45, 7) is 1.95. The van der Waals surface area contributed by atoms with Crippen LogP contribution in [-0.4, -0.2) is 20.1 Å². The Balaban J connectivity index is 1.96. The Morgan fingerprint density at radius 2 is 1.81 bits per heavy atom. The van der Waals surface area contributed by atoms with Gasteiger partial charge in [0.1, 0.15) is 10.5 Å². The van der Waals surface area contributed by atoms with Crippen LogP contribution in [0.5, 0.6) is 0 Å². The number of non-ortho nitro benzene ring substituents is 1. The number of ketones is 1. The van der Waals surface area contributed by atoms with E-state index in [9.17, 15) is 24.5 Å². The molecule has 0 aliphatic heterocycles. The summed E-state index contributed by atoms with van der Waals surface area (Å²) in [4.78, 5) is 54.6. The number of nitro benzene ring substituents is 1. The van der Waals surface area contributed by atoms with Crippen molar-refractivity contribution < 1.29 is 9.72 Å². The van der Waals surface area contributed by atoms with Crippen LogP contribution in [0, 0.1) is 10.1 Å². The Kier molecular flexibility index (Phi) is 4.49. The van der Waals surface area contributed by atoms with Crippen LogP contribution in [0.4, 0.5) is 5.69 Å². The fourth-order valence-electron chi connectivity index (χ4n) is 3.91. The molecule has 158 valence electrons. The molecule has 32 heavy (non-hydrogen) atoms. The smallest absolute Gasteiger partial charge is 0.270 e. The van der Waals surface area contributed by atoms with E-state index in [0.29, 0.717) is 27.4 Å². The third-order valence-corrected chi connectivity index (χ3v) is 6.69. The first-order valence-corrected chi connectivity index (χ1v) is 10.6. The Labute approximate surface area is 183 Å². The topological polar surface area (TPSA) is 115 Å². The lowest BCUT2D eigenvalue weighted by Crippen LogP contribution is -2.23. The number of aromatic amines is 1. The SMILES string of the molecule is CCc1cc2c(=O)[nH]c3c(C(=O)c4cccc([N+](=O)[O-])c4)c4ccccc4c(=O)n3c2s1. The Bertz CT molecular complexity index is 1710. The number of aryl methyl sites for hydroxylation is 1. The van der Waals surface area contributed by atoms with Gasteiger partial charge in [0, 0.05) is 33.3 Å². The van der Waals surface area contributed by atoms with Crippen molar-refractivity contribution in [2.75, 3.05) is 0 Å². The van der Waals surface area contributed by atoms with Crippen LogP contribution >= 0.6 is 11.3 Å². The van der Waals surface area contributed by atoms with Gasteiger partial charge < -0.3 is 4.98 Å². The van der Waals surface area contributed by atoms with E-state index in [1.165, 1.54) is 40.0 Å².